The zero-order chi connectivity index (χ0) is 10.8. The molecule has 0 aliphatic rings. The first kappa shape index (κ1) is 11.6. The first-order chi connectivity index (χ1) is 6.38. The summed E-state index contributed by atoms with van der Waals surface area (Å²) in [7, 11) is 0. The second kappa shape index (κ2) is 4.39. The van der Waals surface area contributed by atoms with E-state index < -0.39 is 18.8 Å². The molecular formula is C12H18OSn. The van der Waals surface area contributed by atoms with Crippen LogP contribution in [0.25, 0.3) is 5.57 Å². The van der Waals surface area contributed by atoms with Gasteiger partial charge in [0, 0.05) is 0 Å². The molecule has 76 valence electrons. The molecule has 0 aliphatic heterocycles. The summed E-state index contributed by atoms with van der Waals surface area (Å²) in [6, 6.07) is 8.20. The van der Waals surface area contributed by atoms with E-state index in [1.807, 2.05) is 19.1 Å². The van der Waals surface area contributed by atoms with Crippen molar-refractivity contribution in [1.29, 1.82) is 0 Å². The number of rotatable bonds is 3. The van der Waals surface area contributed by atoms with Gasteiger partial charge in [-0.25, -0.2) is 0 Å². The van der Waals surface area contributed by atoms with Gasteiger partial charge in [-0.2, -0.15) is 0 Å². The Morgan fingerprint density at radius 1 is 1.14 bits per heavy atom. The quantitative estimate of drug-likeness (QED) is 0.768. The summed E-state index contributed by atoms with van der Waals surface area (Å²) in [6.45, 7) is 5.91. The Hall–Kier alpha value is -0.441. The van der Waals surface area contributed by atoms with Crippen LogP contribution >= 0.6 is 0 Å². The first-order valence-electron chi connectivity index (χ1n) is 4.83. The summed E-state index contributed by atoms with van der Waals surface area (Å²) in [5.74, 6) is 0.998. The van der Waals surface area contributed by atoms with Crippen molar-refractivity contribution in [3.8, 4) is 5.75 Å². The van der Waals surface area contributed by atoms with Crippen LogP contribution < -0.4 is 3.07 Å². The van der Waals surface area contributed by atoms with E-state index in [4.69, 9.17) is 3.07 Å². The monoisotopic (exact) mass is 298 g/mol. The molecule has 1 rings (SSSR count). The molecule has 0 heterocycles. The fraction of sp³-hybridized carbons (Fsp3) is 0.333. The summed E-state index contributed by atoms with van der Waals surface area (Å²) in [4.78, 5) is 6.75. The van der Waals surface area contributed by atoms with E-state index in [2.05, 4.69) is 33.5 Å². The Morgan fingerprint density at radius 2 is 1.64 bits per heavy atom. The van der Waals surface area contributed by atoms with Crippen molar-refractivity contribution in [2.24, 2.45) is 0 Å². The van der Waals surface area contributed by atoms with Crippen LogP contribution in [0.5, 0.6) is 5.75 Å². The molecule has 0 atom stereocenters. The van der Waals surface area contributed by atoms with Gasteiger partial charge in [-0.3, -0.25) is 0 Å². The third kappa shape index (κ3) is 3.74. The van der Waals surface area contributed by atoms with E-state index in [0.29, 0.717) is 0 Å². The SMILES string of the molecule is C=C(C)c1ccc([O][Sn]([CH3])([CH3])[CH3])cc1. The standard InChI is InChI=1S/C9H10O.3CH3.Sn/c1-7(2)8-3-5-9(10)6-4-8;;;;/h3-6,10H,1H2,2H3;3*1H3;/q;;;;+1/p-1. The molecule has 0 saturated carbocycles. The Balaban J connectivity index is 2.79. The molecule has 0 aliphatic carbocycles. The molecule has 0 aromatic heterocycles. The Bertz CT molecular complexity index is 319. The molecule has 2 heteroatoms. The molecule has 1 aromatic rings. The van der Waals surface area contributed by atoms with E-state index in [9.17, 15) is 0 Å². The number of hydrogen-bond donors (Lipinski definition) is 0. The van der Waals surface area contributed by atoms with Crippen LogP contribution in [0, 0.1) is 0 Å². The zero-order valence-corrected chi connectivity index (χ0v) is 12.3. The van der Waals surface area contributed by atoms with Crippen LogP contribution in [0.3, 0.4) is 0 Å². The molecule has 0 radical (unpaired) electrons. The van der Waals surface area contributed by atoms with Crippen molar-refractivity contribution in [3.05, 3.63) is 36.4 Å². The minimum absolute atomic E-state index is 0.998. The van der Waals surface area contributed by atoms with Crippen LogP contribution in [0.1, 0.15) is 12.5 Å². The zero-order valence-electron chi connectivity index (χ0n) is 9.42. The van der Waals surface area contributed by atoms with Crippen LogP contribution in [-0.4, -0.2) is 18.8 Å². The fourth-order valence-electron chi connectivity index (χ4n) is 1.16. The number of hydrogen-bond acceptors (Lipinski definition) is 1. The van der Waals surface area contributed by atoms with Gasteiger partial charge in [-0.15, -0.1) is 0 Å². The molecule has 0 N–H and O–H groups in total. The van der Waals surface area contributed by atoms with E-state index in [1.165, 1.54) is 5.56 Å². The van der Waals surface area contributed by atoms with Gasteiger partial charge >= 0.3 is 91.3 Å². The molecule has 0 amide bonds. The molecule has 0 bridgehead atoms. The van der Waals surface area contributed by atoms with Crippen molar-refractivity contribution in [3.63, 3.8) is 0 Å². The van der Waals surface area contributed by atoms with Crippen molar-refractivity contribution in [2.75, 3.05) is 0 Å². The average Bonchev–Trinajstić information content (AvgIpc) is 2.02. The molecule has 1 aromatic carbocycles. The van der Waals surface area contributed by atoms with E-state index in [0.717, 1.165) is 11.3 Å². The van der Waals surface area contributed by atoms with Crippen LogP contribution in [0.2, 0.25) is 14.8 Å². The molecule has 0 unspecified atom stereocenters. The molecule has 0 saturated heterocycles. The van der Waals surface area contributed by atoms with Crippen LogP contribution in [0.4, 0.5) is 0 Å². The van der Waals surface area contributed by atoms with Gasteiger partial charge in [0.25, 0.3) is 0 Å². The van der Waals surface area contributed by atoms with Gasteiger partial charge in [0.1, 0.15) is 0 Å². The van der Waals surface area contributed by atoms with Gasteiger partial charge in [0.15, 0.2) is 0 Å². The van der Waals surface area contributed by atoms with Gasteiger partial charge in [0.05, 0.1) is 0 Å². The number of benzene rings is 1. The van der Waals surface area contributed by atoms with Crippen molar-refractivity contribution in [2.45, 2.75) is 21.7 Å². The van der Waals surface area contributed by atoms with E-state index >= 15 is 0 Å². The van der Waals surface area contributed by atoms with E-state index in [-0.39, 0.29) is 0 Å². The topological polar surface area (TPSA) is 9.23 Å². The fourth-order valence-corrected chi connectivity index (χ4v) is 3.57. The van der Waals surface area contributed by atoms with Crippen molar-refractivity contribution >= 4 is 24.4 Å². The predicted molar refractivity (Wildman–Crippen MR) is 65.1 cm³/mol. The predicted octanol–water partition coefficient (Wildman–Crippen LogP) is 3.93. The summed E-state index contributed by atoms with van der Waals surface area (Å²) in [5, 5.41) is 0. The average molecular weight is 297 g/mol. The first-order valence-corrected chi connectivity index (χ1v) is 14.6. The van der Waals surface area contributed by atoms with Crippen molar-refractivity contribution < 1.29 is 3.07 Å². The summed E-state index contributed by atoms with van der Waals surface area (Å²) in [6.07, 6.45) is 0. The Morgan fingerprint density at radius 3 is 2.00 bits per heavy atom. The normalized spacial score (nSPS) is 11.1. The second-order valence-electron chi connectivity index (χ2n) is 4.52. The van der Waals surface area contributed by atoms with Crippen molar-refractivity contribution in [1.82, 2.24) is 0 Å². The van der Waals surface area contributed by atoms with Crippen LogP contribution in [-0.2, 0) is 0 Å². The van der Waals surface area contributed by atoms with Gasteiger partial charge < -0.3 is 0 Å². The van der Waals surface area contributed by atoms with E-state index in [1.54, 1.807) is 0 Å². The molecule has 0 fully saturated rings. The molecular weight excluding hydrogens is 279 g/mol. The summed E-state index contributed by atoms with van der Waals surface area (Å²) >= 11 is -2.15. The number of allylic oxidation sites excluding steroid dienone is 1. The summed E-state index contributed by atoms with van der Waals surface area (Å²) in [5.41, 5.74) is 2.28. The minimum atomic E-state index is -2.15. The molecule has 0 spiro atoms. The third-order valence-electron chi connectivity index (χ3n) is 1.77. The molecule has 1 nitrogen and oxygen atoms in total. The van der Waals surface area contributed by atoms with Gasteiger partial charge in [0.2, 0.25) is 0 Å². The summed E-state index contributed by atoms with van der Waals surface area (Å²) < 4.78 is 5.92. The third-order valence-corrected chi connectivity index (χ3v) is 4.19. The second-order valence-corrected chi connectivity index (χ2v) is 17.2. The molecule has 14 heavy (non-hydrogen) atoms. The van der Waals surface area contributed by atoms with Gasteiger partial charge in [-0.05, 0) is 0 Å². The Kier molecular flexibility index (Phi) is 3.64. The Labute approximate surface area is 91.2 Å². The van der Waals surface area contributed by atoms with Crippen LogP contribution in [0.15, 0.2) is 30.8 Å². The maximum atomic E-state index is 5.92. The van der Waals surface area contributed by atoms with Gasteiger partial charge in [-0.1, -0.05) is 0 Å². The maximum absolute atomic E-state index is 5.92.